The Hall–Kier alpha value is -1.00. The minimum Gasteiger partial charge on any atom is -0.389 e. The molecule has 1 fully saturated rings. The van der Waals surface area contributed by atoms with Crippen LogP contribution in [0.4, 0.5) is 4.39 Å². The first-order chi connectivity index (χ1) is 8.47. The Morgan fingerprint density at radius 1 is 1.50 bits per heavy atom. The van der Waals surface area contributed by atoms with E-state index in [-0.39, 0.29) is 5.82 Å². The summed E-state index contributed by atoms with van der Waals surface area (Å²) in [5.41, 5.74) is 7.37. The lowest BCUT2D eigenvalue weighted by Crippen LogP contribution is -2.28. The molecule has 98 valence electrons. The summed E-state index contributed by atoms with van der Waals surface area (Å²) < 4.78 is 13.4. The Labute approximate surface area is 113 Å². The van der Waals surface area contributed by atoms with E-state index in [0.717, 1.165) is 24.2 Å². The van der Waals surface area contributed by atoms with Gasteiger partial charge in [0.2, 0.25) is 0 Å². The van der Waals surface area contributed by atoms with E-state index in [4.69, 9.17) is 18.0 Å². The fourth-order valence-corrected chi connectivity index (χ4v) is 2.96. The third-order valence-corrected chi connectivity index (χ3v) is 3.84. The van der Waals surface area contributed by atoms with Gasteiger partial charge in [0, 0.05) is 24.7 Å². The summed E-state index contributed by atoms with van der Waals surface area (Å²) in [5.74, 6) is 0.465. The molecule has 4 heteroatoms. The normalized spacial score (nSPS) is 24.4. The number of hydrogen-bond donors (Lipinski definition) is 1. The molecule has 2 unspecified atom stereocenters. The number of hydrogen-bond acceptors (Lipinski definition) is 2. The minimum absolute atomic E-state index is 0.232. The molecule has 0 amide bonds. The van der Waals surface area contributed by atoms with Crippen molar-refractivity contribution in [2.75, 3.05) is 6.54 Å². The maximum Gasteiger partial charge on any atom is 0.123 e. The van der Waals surface area contributed by atoms with E-state index >= 15 is 0 Å². The van der Waals surface area contributed by atoms with Gasteiger partial charge in [0.25, 0.3) is 0 Å². The second-order valence-corrected chi connectivity index (χ2v) is 5.72. The van der Waals surface area contributed by atoms with Crippen molar-refractivity contribution in [1.29, 1.82) is 0 Å². The van der Waals surface area contributed by atoms with E-state index < -0.39 is 0 Å². The zero-order chi connectivity index (χ0) is 13.3. The summed E-state index contributed by atoms with van der Waals surface area (Å²) in [6.45, 7) is 6.23. The SMILES string of the molecule is CC1CC(C)N(Cc2cc(F)ccc2C(N)=S)C1. The van der Waals surface area contributed by atoms with Crippen molar-refractivity contribution in [2.24, 2.45) is 11.7 Å². The second kappa shape index (κ2) is 5.33. The summed E-state index contributed by atoms with van der Waals surface area (Å²) in [7, 11) is 0. The van der Waals surface area contributed by atoms with Crippen LogP contribution in [-0.2, 0) is 6.54 Å². The van der Waals surface area contributed by atoms with Crippen LogP contribution in [0.25, 0.3) is 0 Å². The molecule has 1 aromatic carbocycles. The average molecular weight is 266 g/mol. The summed E-state index contributed by atoms with van der Waals surface area (Å²) in [4.78, 5) is 2.70. The van der Waals surface area contributed by atoms with E-state index in [1.807, 2.05) is 0 Å². The van der Waals surface area contributed by atoms with Gasteiger partial charge in [0.15, 0.2) is 0 Å². The molecule has 0 radical (unpaired) electrons. The van der Waals surface area contributed by atoms with E-state index in [9.17, 15) is 4.39 Å². The van der Waals surface area contributed by atoms with Crippen molar-refractivity contribution in [3.05, 3.63) is 35.1 Å². The van der Waals surface area contributed by atoms with Crippen molar-refractivity contribution in [3.63, 3.8) is 0 Å². The number of benzene rings is 1. The molecule has 0 spiro atoms. The summed E-state index contributed by atoms with van der Waals surface area (Å²) in [5, 5.41) is 0. The molecule has 0 aromatic heterocycles. The summed E-state index contributed by atoms with van der Waals surface area (Å²) in [6, 6.07) is 5.16. The van der Waals surface area contributed by atoms with Crippen molar-refractivity contribution < 1.29 is 4.39 Å². The predicted octanol–water partition coefficient (Wildman–Crippen LogP) is 2.69. The Bertz CT molecular complexity index is 461. The van der Waals surface area contributed by atoms with Gasteiger partial charge in [0.05, 0.1) is 0 Å². The highest BCUT2D eigenvalue weighted by Crippen LogP contribution is 2.25. The predicted molar refractivity (Wildman–Crippen MR) is 75.9 cm³/mol. The van der Waals surface area contributed by atoms with Gasteiger partial charge in [-0.25, -0.2) is 4.39 Å². The topological polar surface area (TPSA) is 29.3 Å². The molecule has 1 aliphatic heterocycles. The lowest BCUT2D eigenvalue weighted by atomic mass is 10.1. The van der Waals surface area contributed by atoms with Crippen molar-refractivity contribution >= 4 is 17.2 Å². The largest absolute Gasteiger partial charge is 0.389 e. The Morgan fingerprint density at radius 3 is 2.78 bits per heavy atom. The smallest absolute Gasteiger partial charge is 0.123 e. The molecule has 2 atom stereocenters. The molecule has 18 heavy (non-hydrogen) atoms. The first-order valence-electron chi connectivity index (χ1n) is 6.29. The molecule has 2 rings (SSSR count). The number of rotatable bonds is 3. The van der Waals surface area contributed by atoms with Crippen LogP contribution in [0.5, 0.6) is 0 Å². The number of thiocarbonyl (C=S) groups is 1. The lowest BCUT2D eigenvalue weighted by Gasteiger charge is -2.22. The van der Waals surface area contributed by atoms with Gasteiger partial charge >= 0.3 is 0 Å². The first kappa shape index (κ1) is 13.4. The highest BCUT2D eigenvalue weighted by molar-refractivity contribution is 7.80. The third kappa shape index (κ3) is 2.87. The number of likely N-dealkylation sites (tertiary alicyclic amines) is 1. The maximum atomic E-state index is 13.4. The molecule has 1 heterocycles. The Morgan fingerprint density at radius 2 is 2.22 bits per heavy atom. The van der Waals surface area contributed by atoms with Crippen molar-refractivity contribution in [2.45, 2.75) is 32.9 Å². The molecule has 1 saturated heterocycles. The van der Waals surface area contributed by atoms with E-state index in [1.54, 1.807) is 12.1 Å². The zero-order valence-corrected chi connectivity index (χ0v) is 11.6. The monoisotopic (exact) mass is 266 g/mol. The van der Waals surface area contributed by atoms with Gasteiger partial charge in [-0.3, -0.25) is 4.90 Å². The molecule has 0 bridgehead atoms. The van der Waals surface area contributed by atoms with Gasteiger partial charge in [0.1, 0.15) is 10.8 Å². The van der Waals surface area contributed by atoms with Gasteiger partial charge in [-0.15, -0.1) is 0 Å². The fraction of sp³-hybridized carbons (Fsp3) is 0.500. The standard InChI is InChI=1S/C14H19FN2S/c1-9-5-10(2)17(7-9)8-11-6-12(15)3-4-13(11)14(16)18/h3-4,6,9-10H,5,7-8H2,1-2H3,(H2,16,18). The summed E-state index contributed by atoms with van der Waals surface area (Å²) >= 11 is 5.02. The van der Waals surface area contributed by atoms with Crippen LogP contribution in [0.2, 0.25) is 0 Å². The molecule has 2 nitrogen and oxygen atoms in total. The third-order valence-electron chi connectivity index (χ3n) is 3.62. The zero-order valence-electron chi connectivity index (χ0n) is 10.8. The Kier molecular flexibility index (Phi) is 3.97. The molecule has 0 saturated carbocycles. The van der Waals surface area contributed by atoms with Crippen LogP contribution in [0, 0.1) is 11.7 Å². The van der Waals surface area contributed by atoms with Crippen LogP contribution in [0.3, 0.4) is 0 Å². The van der Waals surface area contributed by atoms with Crippen molar-refractivity contribution in [1.82, 2.24) is 4.90 Å². The van der Waals surface area contributed by atoms with Crippen LogP contribution in [0.15, 0.2) is 18.2 Å². The highest BCUT2D eigenvalue weighted by atomic mass is 32.1. The number of nitrogens with zero attached hydrogens (tertiary/aromatic N) is 1. The average Bonchev–Trinajstić information content (AvgIpc) is 2.57. The second-order valence-electron chi connectivity index (χ2n) is 5.29. The first-order valence-corrected chi connectivity index (χ1v) is 6.70. The van der Waals surface area contributed by atoms with Crippen molar-refractivity contribution in [3.8, 4) is 0 Å². The number of halogens is 1. The molecule has 0 aliphatic carbocycles. The van der Waals surface area contributed by atoms with Crippen LogP contribution < -0.4 is 5.73 Å². The fourth-order valence-electron chi connectivity index (χ4n) is 2.76. The molecular formula is C14H19FN2S. The molecule has 1 aromatic rings. The summed E-state index contributed by atoms with van der Waals surface area (Å²) in [6.07, 6.45) is 1.19. The molecule has 1 aliphatic rings. The molecular weight excluding hydrogens is 247 g/mol. The quantitative estimate of drug-likeness (QED) is 0.853. The van der Waals surface area contributed by atoms with Gasteiger partial charge in [-0.2, -0.15) is 0 Å². The maximum absolute atomic E-state index is 13.4. The van der Waals surface area contributed by atoms with E-state index in [2.05, 4.69) is 18.7 Å². The van der Waals surface area contributed by atoms with Gasteiger partial charge < -0.3 is 5.73 Å². The Balaban J connectivity index is 2.22. The van der Waals surface area contributed by atoms with Crippen LogP contribution in [-0.4, -0.2) is 22.5 Å². The van der Waals surface area contributed by atoms with Gasteiger partial charge in [-0.1, -0.05) is 19.1 Å². The van der Waals surface area contributed by atoms with E-state index in [0.29, 0.717) is 16.9 Å². The van der Waals surface area contributed by atoms with Gasteiger partial charge in [-0.05, 0) is 43.0 Å². The van der Waals surface area contributed by atoms with Crippen LogP contribution >= 0.6 is 12.2 Å². The van der Waals surface area contributed by atoms with E-state index in [1.165, 1.54) is 12.5 Å². The lowest BCUT2D eigenvalue weighted by molar-refractivity contribution is 0.256. The van der Waals surface area contributed by atoms with Crippen LogP contribution in [0.1, 0.15) is 31.4 Å². The minimum atomic E-state index is -0.232. The highest BCUT2D eigenvalue weighted by Gasteiger charge is 2.26. The number of nitrogens with two attached hydrogens (primary N) is 1. The molecule has 2 N–H and O–H groups in total.